The molecule has 3 heteroatoms. The molecule has 0 saturated carbocycles. The second-order valence-electron chi connectivity index (χ2n) is 4.47. The number of nitrogens with zero attached hydrogens (tertiary/aromatic N) is 2. The van der Waals surface area contributed by atoms with Gasteiger partial charge in [0.05, 0.1) is 0 Å². The summed E-state index contributed by atoms with van der Waals surface area (Å²) in [6.45, 7) is 9.47. The van der Waals surface area contributed by atoms with Crippen molar-refractivity contribution in [1.82, 2.24) is 9.55 Å². The summed E-state index contributed by atoms with van der Waals surface area (Å²) in [6.07, 6.45) is 4.69. The highest BCUT2D eigenvalue weighted by Crippen LogP contribution is 2.18. The van der Waals surface area contributed by atoms with Crippen LogP contribution >= 0.6 is 0 Å². The molecular formula is C11H21N3. The molecule has 1 atom stereocenters. The van der Waals surface area contributed by atoms with Crippen LogP contribution in [0.3, 0.4) is 0 Å². The van der Waals surface area contributed by atoms with Crippen LogP contribution in [0.5, 0.6) is 0 Å². The molecule has 0 aliphatic rings. The fourth-order valence-corrected chi connectivity index (χ4v) is 1.34. The largest absolute Gasteiger partial charge is 0.335 e. The minimum atomic E-state index is -0.168. The van der Waals surface area contributed by atoms with E-state index < -0.39 is 0 Å². The van der Waals surface area contributed by atoms with E-state index in [0.29, 0.717) is 5.92 Å². The molecule has 0 spiro atoms. The molecule has 0 bridgehead atoms. The van der Waals surface area contributed by atoms with Crippen molar-refractivity contribution in [3.05, 3.63) is 18.2 Å². The van der Waals surface area contributed by atoms with Gasteiger partial charge in [-0.25, -0.2) is 4.98 Å². The highest BCUT2D eigenvalue weighted by Gasteiger charge is 2.25. The van der Waals surface area contributed by atoms with Gasteiger partial charge in [0.1, 0.15) is 5.82 Å². The van der Waals surface area contributed by atoms with Gasteiger partial charge >= 0.3 is 0 Å². The van der Waals surface area contributed by atoms with Gasteiger partial charge in [0.25, 0.3) is 0 Å². The quantitative estimate of drug-likeness (QED) is 0.796. The van der Waals surface area contributed by atoms with Crippen molar-refractivity contribution in [2.24, 2.45) is 11.7 Å². The minimum Gasteiger partial charge on any atom is -0.335 e. The van der Waals surface area contributed by atoms with Crippen LogP contribution in [0, 0.1) is 5.92 Å². The summed E-state index contributed by atoms with van der Waals surface area (Å²) >= 11 is 0. The lowest BCUT2D eigenvalue weighted by Gasteiger charge is -2.28. The Hall–Kier alpha value is -0.830. The molecule has 1 heterocycles. The van der Waals surface area contributed by atoms with Crippen LogP contribution in [0.4, 0.5) is 0 Å². The van der Waals surface area contributed by atoms with E-state index in [2.05, 4.69) is 37.2 Å². The summed E-state index contributed by atoms with van der Waals surface area (Å²) in [7, 11) is 0. The maximum Gasteiger partial charge on any atom is 0.110 e. The van der Waals surface area contributed by atoms with Crippen molar-refractivity contribution in [2.45, 2.75) is 46.2 Å². The zero-order valence-electron chi connectivity index (χ0n) is 9.62. The number of imidazole rings is 1. The molecule has 0 aliphatic heterocycles. The van der Waals surface area contributed by atoms with Gasteiger partial charge in [-0.05, 0) is 19.8 Å². The molecule has 1 aromatic heterocycles. The monoisotopic (exact) mass is 195 g/mol. The van der Waals surface area contributed by atoms with E-state index in [9.17, 15) is 0 Å². The molecule has 2 N–H and O–H groups in total. The molecule has 80 valence electrons. The van der Waals surface area contributed by atoms with Gasteiger partial charge in [-0.3, -0.25) is 0 Å². The third kappa shape index (κ3) is 2.35. The molecule has 0 saturated heterocycles. The topological polar surface area (TPSA) is 43.8 Å². The van der Waals surface area contributed by atoms with Gasteiger partial charge in [0.2, 0.25) is 0 Å². The Bertz CT molecular complexity index is 286. The molecule has 0 fully saturated rings. The zero-order chi connectivity index (χ0) is 10.8. The number of hydrogen-bond donors (Lipinski definition) is 1. The molecule has 0 amide bonds. The highest BCUT2D eigenvalue weighted by atomic mass is 15.1. The lowest BCUT2D eigenvalue weighted by atomic mass is 9.86. The molecule has 0 radical (unpaired) electrons. The molecule has 0 aliphatic carbocycles. The Morgan fingerprint density at radius 1 is 1.57 bits per heavy atom. The molecule has 1 unspecified atom stereocenters. The third-order valence-corrected chi connectivity index (χ3v) is 3.00. The molecule has 0 aromatic carbocycles. The summed E-state index contributed by atoms with van der Waals surface area (Å²) in [6, 6.07) is 0. The Balaban J connectivity index is 2.78. The Morgan fingerprint density at radius 2 is 2.21 bits per heavy atom. The van der Waals surface area contributed by atoms with E-state index in [4.69, 9.17) is 5.73 Å². The number of aryl methyl sites for hydroxylation is 1. The van der Waals surface area contributed by atoms with Crippen LogP contribution in [0.25, 0.3) is 0 Å². The number of aromatic nitrogens is 2. The molecule has 1 rings (SSSR count). The number of nitrogens with two attached hydrogens (primary N) is 1. The maximum atomic E-state index is 6.22. The van der Waals surface area contributed by atoms with Crippen molar-refractivity contribution in [3.8, 4) is 0 Å². The first-order valence-electron chi connectivity index (χ1n) is 5.26. The predicted octanol–water partition coefficient (Wildman–Crippen LogP) is 1.82. The van der Waals surface area contributed by atoms with Gasteiger partial charge < -0.3 is 10.3 Å². The fraction of sp³-hybridized carbons (Fsp3) is 0.727. The van der Waals surface area contributed by atoms with Crippen LogP contribution in [0.1, 0.15) is 33.5 Å². The molecule has 3 nitrogen and oxygen atoms in total. The first kappa shape index (κ1) is 11.2. The minimum absolute atomic E-state index is 0.168. The fourth-order valence-electron chi connectivity index (χ4n) is 1.34. The van der Waals surface area contributed by atoms with E-state index in [1.165, 1.54) is 0 Å². The normalized spacial score (nSPS) is 15.9. The van der Waals surface area contributed by atoms with Gasteiger partial charge in [0.15, 0.2) is 0 Å². The number of hydrogen-bond acceptors (Lipinski definition) is 2. The van der Waals surface area contributed by atoms with E-state index in [1.807, 2.05) is 12.4 Å². The predicted molar refractivity (Wildman–Crippen MR) is 59.0 cm³/mol. The van der Waals surface area contributed by atoms with E-state index in [1.54, 1.807) is 0 Å². The standard InChI is InChI=1S/C11H21N3/c1-5-14-7-6-13-10(14)8-11(4,12)9(2)3/h6-7,9H,5,8,12H2,1-4H3. The van der Waals surface area contributed by atoms with E-state index in [0.717, 1.165) is 18.8 Å². The first-order valence-corrected chi connectivity index (χ1v) is 5.26. The lowest BCUT2D eigenvalue weighted by molar-refractivity contribution is 0.328. The Labute approximate surface area is 86.3 Å². The van der Waals surface area contributed by atoms with Gasteiger partial charge in [-0.15, -0.1) is 0 Å². The highest BCUT2D eigenvalue weighted by molar-refractivity contribution is 5.00. The Morgan fingerprint density at radius 3 is 2.71 bits per heavy atom. The summed E-state index contributed by atoms with van der Waals surface area (Å²) < 4.78 is 2.15. The van der Waals surface area contributed by atoms with Crippen LogP contribution in [0.15, 0.2) is 12.4 Å². The Kier molecular flexibility index (Phi) is 3.32. The van der Waals surface area contributed by atoms with Crippen molar-refractivity contribution in [2.75, 3.05) is 0 Å². The number of rotatable bonds is 4. The van der Waals surface area contributed by atoms with Gasteiger partial charge in [-0.1, -0.05) is 13.8 Å². The maximum absolute atomic E-state index is 6.22. The molecular weight excluding hydrogens is 174 g/mol. The zero-order valence-corrected chi connectivity index (χ0v) is 9.62. The summed E-state index contributed by atoms with van der Waals surface area (Å²) in [5.74, 6) is 1.55. The van der Waals surface area contributed by atoms with Crippen molar-refractivity contribution < 1.29 is 0 Å². The van der Waals surface area contributed by atoms with Crippen molar-refractivity contribution in [1.29, 1.82) is 0 Å². The van der Waals surface area contributed by atoms with E-state index >= 15 is 0 Å². The first-order chi connectivity index (χ1) is 6.47. The van der Waals surface area contributed by atoms with E-state index in [-0.39, 0.29) is 5.54 Å². The second kappa shape index (κ2) is 4.13. The van der Waals surface area contributed by atoms with Crippen LogP contribution in [-0.2, 0) is 13.0 Å². The molecule has 14 heavy (non-hydrogen) atoms. The van der Waals surface area contributed by atoms with Crippen LogP contribution < -0.4 is 5.73 Å². The SMILES string of the molecule is CCn1ccnc1CC(C)(N)C(C)C. The van der Waals surface area contributed by atoms with Crippen LogP contribution in [0.2, 0.25) is 0 Å². The second-order valence-corrected chi connectivity index (χ2v) is 4.47. The summed E-state index contributed by atoms with van der Waals surface area (Å²) in [5, 5.41) is 0. The third-order valence-electron chi connectivity index (χ3n) is 3.00. The summed E-state index contributed by atoms with van der Waals surface area (Å²) in [4.78, 5) is 4.34. The van der Waals surface area contributed by atoms with Crippen molar-refractivity contribution >= 4 is 0 Å². The van der Waals surface area contributed by atoms with Gasteiger partial charge in [-0.2, -0.15) is 0 Å². The van der Waals surface area contributed by atoms with Gasteiger partial charge in [0, 0.05) is 30.9 Å². The van der Waals surface area contributed by atoms with Crippen LogP contribution in [-0.4, -0.2) is 15.1 Å². The average Bonchev–Trinajstić information content (AvgIpc) is 2.50. The molecule has 1 aromatic rings. The smallest absolute Gasteiger partial charge is 0.110 e. The lowest BCUT2D eigenvalue weighted by Crippen LogP contribution is -2.44. The average molecular weight is 195 g/mol. The van der Waals surface area contributed by atoms with Crippen molar-refractivity contribution in [3.63, 3.8) is 0 Å². The summed E-state index contributed by atoms with van der Waals surface area (Å²) in [5.41, 5.74) is 6.05.